The minimum absolute atomic E-state index is 0.669. The fraction of sp³-hybridized carbons (Fsp3) is 0.350. The molecule has 2 aromatic rings. The summed E-state index contributed by atoms with van der Waals surface area (Å²) in [6.07, 6.45) is 2.46. The van der Waals surface area contributed by atoms with Gasteiger partial charge in [-0.25, -0.2) is 0 Å². The van der Waals surface area contributed by atoms with Crippen LogP contribution in [0.2, 0.25) is 0 Å². The molecule has 1 fully saturated rings. The largest absolute Gasteiger partial charge is 0.360 e. The van der Waals surface area contributed by atoms with Gasteiger partial charge in [-0.05, 0) is 61.5 Å². The molecule has 2 aliphatic rings. The molecule has 0 saturated carbocycles. The number of fused-ring (bicyclic) bond motifs is 1. The van der Waals surface area contributed by atoms with Crippen LogP contribution >= 0.6 is 0 Å². The summed E-state index contributed by atoms with van der Waals surface area (Å²) in [6.45, 7) is 7.51. The van der Waals surface area contributed by atoms with Gasteiger partial charge in [-0.15, -0.1) is 0 Å². The maximum Gasteiger partial charge on any atom is 0.139 e. The van der Waals surface area contributed by atoms with E-state index in [2.05, 4.69) is 71.6 Å². The fourth-order valence-electron chi connectivity index (χ4n) is 3.76. The van der Waals surface area contributed by atoms with E-state index in [1.165, 1.54) is 40.9 Å². The summed E-state index contributed by atoms with van der Waals surface area (Å²) < 4.78 is 0. The third-order valence-electron chi connectivity index (χ3n) is 4.94. The van der Waals surface area contributed by atoms with E-state index in [9.17, 15) is 0 Å². The molecule has 0 aromatic heterocycles. The SMILES string of the molecule is Cc1cc(C2CCNCC2)c2c(c1)N(Cc1ccccc1)[CH]N2. The smallest absolute Gasteiger partial charge is 0.139 e. The predicted molar refractivity (Wildman–Crippen MR) is 96.6 cm³/mol. The van der Waals surface area contributed by atoms with E-state index >= 15 is 0 Å². The summed E-state index contributed by atoms with van der Waals surface area (Å²) in [6, 6.07) is 15.3. The van der Waals surface area contributed by atoms with E-state index in [0.29, 0.717) is 5.92 Å². The van der Waals surface area contributed by atoms with Crippen molar-refractivity contribution in [2.75, 3.05) is 23.3 Å². The zero-order chi connectivity index (χ0) is 15.6. The Labute approximate surface area is 138 Å². The number of rotatable bonds is 3. The van der Waals surface area contributed by atoms with Gasteiger partial charge in [-0.2, -0.15) is 0 Å². The van der Waals surface area contributed by atoms with E-state index in [-0.39, 0.29) is 0 Å². The summed E-state index contributed by atoms with van der Waals surface area (Å²) in [4.78, 5) is 2.34. The van der Waals surface area contributed by atoms with Crippen molar-refractivity contribution in [2.45, 2.75) is 32.2 Å². The van der Waals surface area contributed by atoms with E-state index in [0.717, 1.165) is 19.6 Å². The summed E-state index contributed by atoms with van der Waals surface area (Å²) in [5.74, 6) is 0.669. The number of nitrogens with one attached hydrogen (secondary N) is 2. The van der Waals surface area contributed by atoms with Crippen LogP contribution in [0.4, 0.5) is 11.4 Å². The van der Waals surface area contributed by atoms with Crippen molar-refractivity contribution < 1.29 is 0 Å². The molecule has 1 radical (unpaired) electrons. The highest BCUT2D eigenvalue weighted by atomic mass is 15.3. The second kappa shape index (κ2) is 6.25. The number of benzene rings is 2. The number of anilines is 2. The first-order chi connectivity index (χ1) is 11.3. The van der Waals surface area contributed by atoms with E-state index in [1.807, 2.05) is 0 Å². The van der Waals surface area contributed by atoms with Crippen molar-refractivity contribution in [3.05, 3.63) is 65.8 Å². The van der Waals surface area contributed by atoms with Crippen LogP contribution in [0.25, 0.3) is 0 Å². The minimum atomic E-state index is 0.669. The van der Waals surface area contributed by atoms with E-state index < -0.39 is 0 Å². The molecule has 4 rings (SSSR count). The van der Waals surface area contributed by atoms with Crippen molar-refractivity contribution >= 4 is 11.4 Å². The molecule has 3 nitrogen and oxygen atoms in total. The molecule has 2 aliphatic heterocycles. The average Bonchev–Trinajstić information content (AvgIpc) is 2.99. The van der Waals surface area contributed by atoms with Crippen molar-refractivity contribution in [1.29, 1.82) is 0 Å². The van der Waals surface area contributed by atoms with E-state index in [1.54, 1.807) is 0 Å². The Morgan fingerprint density at radius 3 is 2.65 bits per heavy atom. The van der Waals surface area contributed by atoms with Gasteiger partial charge in [0.05, 0.1) is 11.4 Å². The van der Waals surface area contributed by atoms with Crippen molar-refractivity contribution in [1.82, 2.24) is 5.32 Å². The fourth-order valence-corrected chi connectivity index (χ4v) is 3.76. The second-order valence-electron chi connectivity index (χ2n) is 6.66. The summed E-state index contributed by atoms with van der Waals surface area (Å²) in [7, 11) is 0. The van der Waals surface area contributed by atoms with Crippen LogP contribution in [0.1, 0.15) is 35.4 Å². The molecule has 1 saturated heterocycles. The zero-order valence-corrected chi connectivity index (χ0v) is 13.7. The van der Waals surface area contributed by atoms with Crippen LogP contribution in [0.3, 0.4) is 0 Å². The molecule has 0 atom stereocenters. The number of hydrogen-bond donors (Lipinski definition) is 2. The van der Waals surface area contributed by atoms with Crippen LogP contribution in [0.5, 0.6) is 0 Å². The number of hydrogen-bond acceptors (Lipinski definition) is 3. The van der Waals surface area contributed by atoms with Gasteiger partial charge in [0.1, 0.15) is 6.67 Å². The van der Waals surface area contributed by atoms with Crippen molar-refractivity contribution in [2.24, 2.45) is 0 Å². The normalized spacial score (nSPS) is 17.9. The Morgan fingerprint density at radius 1 is 1.09 bits per heavy atom. The average molecular weight is 306 g/mol. The molecule has 2 heterocycles. The predicted octanol–water partition coefficient (Wildman–Crippen LogP) is 4.01. The van der Waals surface area contributed by atoms with Crippen molar-refractivity contribution in [3.8, 4) is 0 Å². The van der Waals surface area contributed by atoms with Gasteiger partial charge in [0, 0.05) is 6.54 Å². The molecule has 0 spiro atoms. The molecule has 3 heteroatoms. The Hall–Kier alpha value is -2.00. The Kier molecular flexibility index (Phi) is 3.96. The summed E-state index contributed by atoms with van der Waals surface area (Å²) in [5.41, 5.74) is 6.82. The monoisotopic (exact) mass is 306 g/mol. The molecule has 0 amide bonds. The lowest BCUT2D eigenvalue weighted by Crippen LogP contribution is -2.26. The summed E-state index contributed by atoms with van der Waals surface area (Å²) >= 11 is 0. The van der Waals surface area contributed by atoms with Gasteiger partial charge in [-0.3, -0.25) is 0 Å². The topological polar surface area (TPSA) is 27.3 Å². The zero-order valence-electron chi connectivity index (χ0n) is 13.7. The molecular formula is C20H24N3. The maximum absolute atomic E-state index is 3.54. The van der Waals surface area contributed by atoms with E-state index in [4.69, 9.17) is 0 Å². The van der Waals surface area contributed by atoms with Gasteiger partial charge in [0.15, 0.2) is 0 Å². The van der Waals surface area contributed by atoms with Crippen molar-refractivity contribution in [3.63, 3.8) is 0 Å². The molecule has 23 heavy (non-hydrogen) atoms. The minimum Gasteiger partial charge on any atom is -0.360 e. The lowest BCUT2D eigenvalue weighted by atomic mass is 9.87. The van der Waals surface area contributed by atoms with Gasteiger partial charge < -0.3 is 15.5 Å². The lowest BCUT2D eigenvalue weighted by Gasteiger charge is -2.25. The van der Waals surface area contributed by atoms with Gasteiger partial charge in [0.25, 0.3) is 0 Å². The van der Waals surface area contributed by atoms with Gasteiger partial charge in [0.2, 0.25) is 0 Å². The quantitative estimate of drug-likeness (QED) is 0.897. The second-order valence-corrected chi connectivity index (χ2v) is 6.66. The van der Waals surface area contributed by atoms with Gasteiger partial charge >= 0.3 is 0 Å². The highest BCUT2D eigenvalue weighted by Crippen LogP contribution is 2.43. The Bertz CT molecular complexity index is 675. The number of aryl methyl sites for hydroxylation is 1. The Balaban J connectivity index is 1.64. The highest BCUT2D eigenvalue weighted by Gasteiger charge is 2.26. The lowest BCUT2D eigenvalue weighted by molar-refractivity contribution is 0.461. The highest BCUT2D eigenvalue weighted by molar-refractivity contribution is 5.81. The van der Waals surface area contributed by atoms with Crippen LogP contribution in [0, 0.1) is 13.6 Å². The van der Waals surface area contributed by atoms with Crippen LogP contribution < -0.4 is 15.5 Å². The first kappa shape index (κ1) is 14.6. The van der Waals surface area contributed by atoms with Crippen LogP contribution in [-0.4, -0.2) is 13.1 Å². The maximum atomic E-state index is 3.54. The molecular weight excluding hydrogens is 282 g/mol. The molecule has 119 valence electrons. The van der Waals surface area contributed by atoms with Gasteiger partial charge in [-0.1, -0.05) is 36.4 Å². The third kappa shape index (κ3) is 2.93. The molecule has 2 aromatic carbocycles. The molecule has 0 aliphatic carbocycles. The third-order valence-corrected chi connectivity index (χ3v) is 4.94. The van der Waals surface area contributed by atoms with Crippen LogP contribution in [0.15, 0.2) is 42.5 Å². The molecule has 0 bridgehead atoms. The first-order valence-corrected chi connectivity index (χ1v) is 8.57. The molecule has 2 N–H and O–H groups in total. The standard InChI is InChI=1S/C20H24N3/c1-15-11-18(17-7-9-21-10-8-17)20-19(12-15)23(14-22-20)13-16-5-3-2-4-6-16/h2-6,11-12,14,17,21-22H,7-10,13H2,1H3. The van der Waals surface area contributed by atoms with Crippen LogP contribution in [-0.2, 0) is 6.54 Å². The summed E-state index contributed by atoms with van der Waals surface area (Å²) in [5, 5.41) is 7.01. The Morgan fingerprint density at radius 2 is 1.87 bits per heavy atom. The first-order valence-electron chi connectivity index (χ1n) is 8.57. The molecule has 0 unspecified atom stereocenters. The number of piperidine rings is 1. The number of nitrogens with zero attached hydrogens (tertiary/aromatic N) is 1.